The van der Waals surface area contributed by atoms with Crippen LogP contribution in [0.4, 0.5) is 0 Å². The van der Waals surface area contributed by atoms with Gasteiger partial charge in [-0.3, -0.25) is 4.79 Å². The number of pyridine rings is 1. The highest BCUT2D eigenvalue weighted by Gasteiger charge is 2.33. The molecule has 0 radical (unpaired) electrons. The molecule has 1 aromatic carbocycles. The van der Waals surface area contributed by atoms with E-state index in [1.165, 1.54) is 5.57 Å². The molecule has 0 spiro atoms. The molecule has 5 nitrogen and oxygen atoms in total. The Morgan fingerprint density at radius 2 is 2.19 bits per heavy atom. The third-order valence-electron chi connectivity index (χ3n) is 5.21. The van der Waals surface area contributed by atoms with Gasteiger partial charge >= 0.3 is 0 Å². The fraction of sp³-hybridized carbons (Fsp3) is 0.300. The van der Waals surface area contributed by atoms with Crippen molar-refractivity contribution in [1.82, 2.24) is 9.88 Å². The third kappa shape index (κ3) is 3.10. The average Bonchev–Trinajstić information content (AvgIpc) is 3.09. The van der Waals surface area contributed by atoms with Crippen LogP contribution in [0, 0.1) is 0 Å². The Bertz CT molecular complexity index is 972. The summed E-state index contributed by atoms with van der Waals surface area (Å²) in [5.41, 5.74) is 6.28. The van der Waals surface area contributed by atoms with Crippen LogP contribution in [0.1, 0.15) is 17.5 Å². The molecule has 0 fully saturated rings. The predicted molar refractivity (Wildman–Crippen MR) is 105 cm³/mol. The van der Waals surface area contributed by atoms with Crippen LogP contribution in [0.2, 0.25) is 10.0 Å². The van der Waals surface area contributed by atoms with Gasteiger partial charge in [0.15, 0.2) is 0 Å². The molecule has 0 atom stereocenters. The van der Waals surface area contributed by atoms with E-state index >= 15 is 0 Å². The summed E-state index contributed by atoms with van der Waals surface area (Å²) < 4.78 is 5.26. The van der Waals surface area contributed by atoms with E-state index in [-0.39, 0.29) is 5.91 Å². The van der Waals surface area contributed by atoms with Crippen LogP contribution in [-0.2, 0) is 11.2 Å². The highest BCUT2D eigenvalue weighted by Crippen LogP contribution is 2.48. The first-order chi connectivity index (χ1) is 13.0. The Hall–Kier alpha value is -2.08. The number of ether oxygens (including phenoxy) is 1. The van der Waals surface area contributed by atoms with E-state index in [0.29, 0.717) is 29.0 Å². The molecule has 1 aliphatic heterocycles. The molecule has 0 saturated heterocycles. The number of nitrogens with zero attached hydrogens (tertiary/aromatic N) is 2. The molecule has 1 N–H and O–H groups in total. The Labute approximate surface area is 167 Å². The predicted octanol–water partition coefficient (Wildman–Crippen LogP) is 3.60. The number of aromatic nitrogens is 1. The first-order valence-corrected chi connectivity index (χ1v) is 9.40. The van der Waals surface area contributed by atoms with Crippen molar-refractivity contribution in [2.45, 2.75) is 12.8 Å². The number of aliphatic hydroxyl groups is 1. The monoisotopic (exact) mass is 404 g/mol. The minimum atomic E-state index is -0.481. The van der Waals surface area contributed by atoms with Gasteiger partial charge in [-0.15, -0.1) is 0 Å². The van der Waals surface area contributed by atoms with Crippen molar-refractivity contribution in [2.75, 3.05) is 26.8 Å². The molecule has 140 valence electrons. The second-order valence-electron chi connectivity index (χ2n) is 6.64. The van der Waals surface area contributed by atoms with E-state index < -0.39 is 6.61 Å². The van der Waals surface area contributed by atoms with Gasteiger partial charge < -0.3 is 14.7 Å². The second kappa shape index (κ2) is 7.15. The summed E-state index contributed by atoms with van der Waals surface area (Å²) >= 11 is 13.0. The summed E-state index contributed by atoms with van der Waals surface area (Å²) in [7, 11) is 1.57. The maximum atomic E-state index is 12.0. The van der Waals surface area contributed by atoms with Crippen molar-refractivity contribution in [3.05, 3.63) is 51.1 Å². The third-order valence-corrected chi connectivity index (χ3v) is 6.04. The largest absolute Gasteiger partial charge is 0.481 e. The number of hydrogen-bond donors (Lipinski definition) is 1. The summed E-state index contributed by atoms with van der Waals surface area (Å²) in [6.45, 7) is 0.593. The van der Waals surface area contributed by atoms with Crippen molar-refractivity contribution >= 4 is 34.7 Å². The lowest BCUT2D eigenvalue weighted by Crippen LogP contribution is -2.37. The zero-order chi connectivity index (χ0) is 19.1. The molecule has 2 aromatic rings. The fourth-order valence-electron chi connectivity index (χ4n) is 3.89. The second-order valence-corrected chi connectivity index (χ2v) is 7.43. The summed E-state index contributed by atoms with van der Waals surface area (Å²) in [6, 6.07) is 5.62. The number of fused-ring (bicyclic) bond motifs is 2. The van der Waals surface area contributed by atoms with Gasteiger partial charge in [0, 0.05) is 25.4 Å². The van der Waals surface area contributed by atoms with Crippen LogP contribution in [0.25, 0.3) is 16.7 Å². The van der Waals surface area contributed by atoms with Gasteiger partial charge in [-0.2, -0.15) is 0 Å². The lowest BCUT2D eigenvalue weighted by molar-refractivity contribution is -0.133. The molecule has 0 unspecified atom stereocenters. The summed E-state index contributed by atoms with van der Waals surface area (Å²) in [5.74, 6) is 0.252. The highest BCUT2D eigenvalue weighted by molar-refractivity contribution is 6.43. The maximum absolute atomic E-state index is 12.0. The average molecular weight is 405 g/mol. The normalized spacial score (nSPS) is 15.6. The Morgan fingerprint density at radius 1 is 1.37 bits per heavy atom. The van der Waals surface area contributed by atoms with Crippen molar-refractivity contribution in [1.29, 1.82) is 0 Å². The number of halogens is 2. The van der Waals surface area contributed by atoms with Crippen LogP contribution < -0.4 is 4.74 Å². The molecule has 1 aliphatic carbocycles. The number of methoxy groups -OCH3 is 1. The van der Waals surface area contributed by atoms with Gasteiger partial charge in [0.1, 0.15) is 6.61 Å². The lowest BCUT2D eigenvalue weighted by atomic mass is 9.92. The zero-order valence-corrected chi connectivity index (χ0v) is 16.3. The SMILES string of the molecule is COc1cc(-c2cc(Cl)c(Cl)c3c2C2=C(CCN(C(=O)CO)C2)C3)ccn1. The van der Waals surface area contributed by atoms with E-state index in [1.807, 2.05) is 18.2 Å². The van der Waals surface area contributed by atoms with E-state index in [2.05, 4.69) is 4.98 Å². The van der Waals surface area contributed by atoms with Gasteiger partial charge in [-0.05, 0) is 52.8 Å². The van der Waals surface area contributed by atoms with Crippen LogP contribution in [0.3, 0.4) is 0 Å². The van der Waals surface area contributed by atoms with Crippen molar-refractivity contribution in [2.24, 2.45) is 0 Å². The Balaban J connectivity index is 1.87. The van der Waals surface area contributed by atoms with Gasteiger partial charge in [0.25, 0.3) is 0 Å². The minimum Gasteiger partial charge on any atom is -0.481 e. The first-order valence-electron chi connectivity index (χ1n) is 8.64. The highest BCUT2D eigenvalue weighted by atomic mass is 35.5. The number of benzene rings is 1. The van der Waals surface area contributed by atoms with Crippen molar-refractivity contribution in [3.8, 4) is 17.0 Å². The fourth-order valence-corrected chi connectivity index (χ4v) is 4.32. The summed E-state index contributed by atoms with van der Waals surface area (Å²) in [4.78, 5) is 17.9. The molecule has 0 saturated carbocycles. The number of hydrogen-bond acceptors (Lipinski definition) is 4. The number of carbonyl (C=O) groups excluding carboxylic acids is 1. The zero-order valence-electron chi connectivity index (χ0n) is 14.8. The summed E-state index contributed by atoms with van der Waals surface area (Å²) in [6.07, 6.45) is 3.19. The van der Waals surface area contributed by atoms with Crippen LogP contribution in [-0.4, -0.2) is 47.7 Å². The molecular weight excluding hydrogens is 387 g/mol. The number of carbonyl (C=O) groups is 1. The molecule has 1 aromatic heterocycles. The van der Waals surface area contributed by atoms with E-state index in [1.54, 1.807) is 18.2 Å². The lowest BCUT2D eigenvalue weighted by Gasteiger charge is -2.29. The Morgan fingerprint density at radius 3 is 2.93 bits per heavy atom. The van der Waals surface area contributed by atoms with Gasteiger partial charge in [-0.1, -0.05) is 28.8 Å². The number of aliphatic hydroxyl groups excluding tert-OH is 1. The first kappa shape index (κ1) is 18.3. The van der Waals surface area contributed by atoms with Crippen molar-refractivity contribution in [3.63, 3.8) is 0 Å². The minimum absolute atomic E-state index is 0.262. The number of amides is 1. The molecule has 1 amide bonds. The quantitative estimate of drug-likeness (QED) is 0.848. The van der Waals surface area contributed by atoms with Gasteiger partial charge in [0.05, 0.1) is 17.2 Å². The van der Waals surface area contributed by atoms with E-state index in [0.717, 1.165) is 40.7 Å². The van der Waals surface area contributed by atoms with Crippen LogP contribution in [0.5, 0.6) is 5.88 Å². The molecule has 27 heavy (non-hydrogen) atoms. The maximum Gasteiger partial charge on any atom is 0.248 e. The topological polar surface area (TPSA) is 62.7 Å². The molecule has 4 rings (SSSR count). The van der Waals surface area contributed by atoms with Gasteiger partial charge in [-0.25, -0.2) is 4.98 Å². The summed E-state index contributed by atoms with van der Waals surface area (Å²) in [5, 5.41) is 10.3. The molecule has 2 aliphatic rings. The Kier molecular flexibility index (Phi) is 4.84. The molecule has 7 heteroatoms. The van der Waals surface area contributed by atoms with E-state index in [4.69, 9.17) is 27.9 Å². The van der Waals surface area contributed by atoms with Crippen LogP contribution in [0.15, 0.2) is 30.0 Å². The smallest absolute Gasteiger partial charge is 0.248 e. The van der Waals surface area contributed by atoms with Crippen molar-refractivity contribution < 1.29 is 14.6 Å². The molecule has 2 heterocycles. The molecule has 0 bridgehead atoms. The van der Waals surface area contributed by atoms with Gasteiger partial charge in [0.2, 0.25) is 11.8 Å². The number of rotatable bonds is 3. The van der Waals surface area contributed by atoms with Crippen LogP contribution >= 0.6 is 23.2 Å². The standard InChI is InChI=1S/C20H18Cl2N2O3/c1-27-17-7-11(2-4-23-17)13-8-16(21)20(22)14-6-12-3-5-24(18(26)10-25)9-15(12)19(13)14/h2,4,7-8,25H,3,5-6,9-10H2,1H3. The molecular formula is C20H18Cl2N2O3. The van der Waals surface area contributed by atoms with E-state index in [9.17, 15) is 9.90 Å².